The van der Waals surface area contributed by atoms with Crippen LogP contribution in [0, 0.1) is 19.8 Å². The first-order valence-corrected chi connectivity index (χ1v) is 9.73. The Hall–Kier alpha value is -1.89. The average Bonchev–Trinajstić information content (AvgIpc) is 3.26. The number of aromatic nitrogens is 3. The number of nitrogens with one attached hydrogen (secondary N) is 1. The third kappa shape index (κ3) is 4.60. The van der Waals surface area contributed by atoms with E-state index >= 15 is 0 Å². The number of aryl methyl sites for hydroxylation is 3. The molecule has 136 valence electrons. The monoisotopic (exact) mass is 360 g/mol. The van der Waals surface area contributed by atoms with Gasteiger partial charge in [-0.15, -0.1) is 11.3 Å². The van der Waals surface area contributed by atoms with Crippen LogP contribution in [0.5, 0.6) is 0 Å². The normalized spacial score (nSPS) is 18.2. The number of aliphatic imine (C=N–C) groups is 1. The molecule has 0 aromatic carbocycles. The minimum atomic E-state index is 0.675. The second-order valence-corrected chi connectivity index (χ2v) is 8.08. The molecule has 1 unspecified atom stereocenters. The molecular formula is C18H28N6S. The fraction of sp³-hybridized carbons (Fsp3) is 0.611. The molecule has 0 amide bonds. The molecule has 0 bridgehead atoms. The van der Waals surface area contributed by atoms with Gasteiger partial charge in [-0.2, -0.15) is 5.10 Å². The summed E-state index contributed by atoms with van der Waals surface area (Å²) in [4.78, 5) is 12.7. The Kier molecular flexibility index (Phi) is 5.73. The Morgan fingerprint density at radius 2 is 2.28 bits per heavy atom. The summed E-state index contributed by atoms with van der Waals surface area (Å²) in [5.41, 5.74) is 2.49. The predicted octanol–water partition coefficient (Wildman–Crippen LogP) is 2.18. The van der Waals surface area contributed by atoms with Crippen LogP contribution in [0.1, 0.15) is 27.6 Å². The van der Waals surface area contributed by atoms with Gasteiger partial charge in [-0.3, -0.25) is 9.67 Å². The molecule has 1 aliphatic heterocycles. The number of hydrogen-bond donors (Lipinski definition) is 1. The standard InChI is InChI=1S/C18H28N6S/c1-13-17(25-14(2)22-13)5-7-20-18(19-3)24-8-6-15(12-24)9-16-10-21-23(4)11-16/h10-11,15H,5-9,12H2,1-4H3,(H,19,20). The quantitative estimate of drug-likeness (QED) is 0.656. The van der Waals surface area contributed by atoms with Crippen molar-refractivity contribution in [1.82, 2.24) is 25.0 Å². The molecule has 0 aliphatic carbocycles. The van der Waals surface area contributed by atoms with Crippen LogP contribution in [0.4, 0.5) is 0 Å². The number of thiazole rings is 1. The van der Waals surface area contributed by atoms with Crippen LogP contribution in [0.2, 0.25) is 0 Å². The Morgan fingerprint density at radius 1 is 1.44 bits per heavy atom. The molecule has 6 nitrogen and oxygen atoms in total. The highest BCUT2D eigenvalue weighted by Crippen LogP contribution is 2.21. The van der Waals surface area contributed by atoms with Crippen molar-refractivity contribution in [3.8, 4) is 0 Å². The molecule has 1 fully saturated rings. The fourth-order valence-electron chi connectivity index (χ4n) is 3.53. The van der Waals surface area contributed by atoms with Crippen molar-refractivity contribution >= 4 is 17.3 Å². The zero-order valence-corrected chi connectivity index (χ0v) is 16.4. The lowest BCUT2D eigenvalue weighted by Crippen LogP contribution is -2.41. The molecule has 7 heteroatoms. The lowest BCUT2D eigenvalue weighted by Gasteiger charge is -2.21. The van der Waals surface area contributed by atoms with Gasteiger partial charge in [-0.1, -0.05) is 0 Å². The maximum Gasteiger partial charge on any atom is 0.193 e. The third-order valence-corrected chi connectivity index (χ3v) is 5.85. The third-order valence-electron chi connectivity index (χ3n) is 4.71. The highest BCUT2D eigenvalue weighted by molar-refractivity contribution is 7.11. The van der Waals surface area contributed by atoms with Gasteiger partial charge in [0.05, 0.1) is 16.9 Å². The molecule has 1 atom stereocenters. The van der Waals surface area contributed by atoms with E-state index in [2.05, 4.69) is 45.3 Å². The second-order valence-electron chi connectivity index (χ2n) is 6.79. The van der Waals surface area contributed by atoms with E-state index in [0.717, 1.165) is 49.1 Å². The molecule has 3 heterocycles. The molecular weight excluding hydrogens is 332 g/mol. The van der Waals surface area contributed by atoms with Crippen LogP contribution in [0.15, 0.2) is 17.4 Å². The van der Waals surface area contributed by atoms with Crippen LogP contribution in [-0.4, -0.2) is 52.3 Å². The van der Waals surface area contributed by atoms with Gasteiger partial charge in [0, 0.05) is 51.2 Å². The summed E-state index contributed by atoms with van der Waals surface area (Å²) in [5, 5.41) is 8.94. The molecule has 3 rings (SSSR count). The lowest BCUT2D eigenvalue weighted by molar-refractivity contribution is 0.460. The largest absolute Gasteiger partial charge is 0.356 e. The second kappa shape index (κ2) is 7.99. The highest BCUT2D eigenvalue weighted by Gasteiger charge is 2.25. The van der Waals surface area contributed by atoms with Gasteiger partial charge in [-0.05, 0) is 38.2 Å². The number of likely N-dealkylation sites (tertiary alicyclic amines) is 1. The maximum absolute atomic E-state index is 4.50. The van der Waals surface area contributed by atoms with E-state index in [1.807, 2.05) is 25.0 Å². The van der Waals surface area contributed by atoms with Crippen LogP contribution >= 0.6 is 11.3 Å². The van der Waals surface area contributed by atoms with E-state index in [4.69, 9.17) is 0 Å². The van der Waals surface area contributed by atoms with Crippen LogP contribution in [-0.2, 0) is 19.9 Å². The summed E-state index contributed by atoms with van der Waals surface area (Å²) in [6.07, 6.45) is 7.41. The Labute approximate surface area is 154 Å². The lowest BCUT2D eigenvalue weighted by atomic mass is 10.0. The summed E-state index contributed by atoms with van der Waals surface area (Å²) in [5.74, 6) is 1.70. The summed E-state index contributed by atoms with van der Waals surface area (Å²) in [6.45, 7) is 7.20. The van der Waals surface area contributed by atoms with Gasteiger partial charge in [0.25, 0.3) is 0 Å². The maximum atomic E-state index is 4.50. The van der Waals surface area contributed by atoms with E-state index in [-0.39, 0.29) is 0 Å². The fourth-order valence-corrected chi connectivity index (χ4v) is 4.46. The Bertz CT molecular complexity index is 732. The van der Waals surface area contributed by atoms with E-state index in [9.17, 15) is 0 Å². The first-order chi connectivity index (χ1) is 12.0. The van der Waals surface area contributed by atoms with E-state index < -0.39 is 0 Å². The summed E-state index contributed by atoms with van der Waals surface area (Å²) < 4.78 is 1.88. The average molecular weight is 361 g/mol. The van der Waals surface area contributed by atoms with Crippen molar-refractivity contribution in [3.05, 3.63) is 33.5 Å². The van der Waals surface area contributed by atoms with Crippen molar-refractivity contribution in [3.63, 3.8) is 0 Å². The van der Waals surface area contributed by atoms with Crippen molar-refractivity contribution < 1.29 is 0 Å². The number of rotatable bonds is 5. The van der Waals surface area contributed by atoms with E-state index in [1.165, 1.54) is 16.9 Å². The summed E-state index contributed by atoms with van der Waals surface area (Å²) in [7, 11) is 3.85. The first-order valence-electron chi connectivity index (χ1n) is 8.91. The van der Waals surface area contributed by atoms with Crippen molar-refractivity contribution in [2.45, 2.75) is 33.1 Å². The smallest absolute Gasteiger partial charge is 0.193 e. The van der Waals surface area contributed by atoms with Gasteiger partial charge < -0.3 is 10.2 Å². The molecule has 25 heavy (non-hydrogen) atoms. The Balaban J connectivity index is 1.47. The molecule has 2 aromatic rings. The number of hydrogen-bond acceptors (Lipinski definition) is 4. The molecule has 0 saturated carbocycles. The SMILES string of the molecule is CN=C(NCCc1sc(C)nc1C)N1CCC(Cc2cnn(C)c2)C1. The van der Waals surface area contributed by atoms with E-state index in [1.54, 1.807) is 11.3 Å². The van der Waals surface area contributed by atoms with Gasteiger partial charge in [-0.25, -0.2) is 4.98 Å². The van der Waals surface area contributed by atoms with Crippen LogP contribution < -0.4 is 5.32 Å². The predicted molar refractivity (Wildman–Crippen MR) is 103 cm³/mol. The molecule has 1 N–H and O–H groups in total. The summed E-state index contributed by atoms with van der Waals surface area (Å²) in [6, 6.07) is 0. The van der Waals surface area contributed by atoms with Crippen LogP contribution in [0.25, 0.3) is 0 Å². The van der Waals surface area contributed by atoms with Crippen molar-refractivity contribution in [2.24, 2.45) is 18.0 Å². The van der Waals surface area contributed by atoms with Crippen molar-refractivity contribution in [2.75, 3.05) is 26.7 Å². The minimum absolute atomic E-state index is 0.675. The zero-order valence-electron chi connectivity index (χ0n) is 15.6. The topological polar surface area (TPSA) is 58.3 Å². The number of nitrogens with zero attached hydrogens (tertiary/aromatic N) is 5. The van der Waals surface area contributed by atoms with Gasteiger partial charge in [0.15, 0.2) is 5.96 Å². The zero-order chi connectivity index (χ0) is 17.8. The van der Waals surface area contributed by atoms with Gasteiger partial charge in [0.1, 0.15) is 0 Å². The molecule has 1 aliphatic rings. The van der Waals surface area contributed by atoms with Crippen LogP contribution in [0.3, 0.4) is 0 Å². The molecule has 2 aromatic heterocycles. The number of guanidine groups is 1. The highest BCUT2D eigenvalue weighted by atomic mass is 32.1. The van der Waals surface area contributed by atoms with E-state index in [0.29, 0.717) is 5.92 Å². The minimum Gasteiger partial charge on any atom is -0.356 e. The summed E-state index contributed by atoms with van der Waals surface area (Å²) >= 11 is 1.80. The Morgan fingerprint density at radius 3 is 2.92 bits per heavy atom. The molecule has 0 spiro atoms. The van der Waals surface area contributed by atoms with Gasteiger partial charge in [0.2, 0.25) is 0 Å². The molecule has 1 saturated heterocycles. The molecule has 0 radical (unpaired) electrons. The van der Waals surface area contributed by atoms with Crippen molar-refractivity contribution in [1.29, 1.82) is 0 Å². The van der Waals surface area contributed by atoms with Gasteiger partial charge >= 0.3 is 0 Å². The first kappa shape index (κ1) is 17.9.